The summed E-state index contributed by atoms with van der Waals surface area (Å²) < 4.78 is 0. The number of hydrogen-bond donors (Lipinski definition) is 0. The molecule has 2 aliphatic heterocycles. The molecule has 3 aromatic carbocycles. The number of piperidine rings is 1. The molecule has 0 aromatic heterocycles. The van der Waals surface area contributed by atoms with E-state index in [1.54, 1.807) is 11.1 Å². The highest BCUT2D eigenvalue weighted by Crippen LogP contribution is 2.33. The van der Waals surface area contributed by atoms with Crippen LogP contribution in [0, 0.1) is 5.92 Å². The fraction of sp³-hybridized carbons (Fsp3) is 0.308. The minimum absolute atomic E-state index is 0.691. The van der Waals surface area contributed by atoms with Crippen molar-refractivity contribution in [3.05, 3.63) is 95.6 Å². The second-order valence-electron chi connectivity index (χ2n) is 8.27. The second-order valence-corrected chi connectivity index (χ2v) is 8.27. The van der Waals surface area contributed by atoms with Crippen molar-refractivity contribution in [2.24, 2.45) is 5.92 Å². The molecule has 2 atom stereocenters. The van der Waals surface area contributed by atoms with Crippen molar-refractivity contribution in [1.82, 2.24) is 4.90 Å². The van der Waals surface area contributed by atoms with Crippen LogP contribution in [-0.4, -0.2) is 17.5 Å². The third-order valence-corrected chi connectivity index (χ3v) is 6.45. The van der Waals surface area contributed by atoms with E-state index in [4.69, 9.17) is 0 Å². The SMILES string of the molecule is c1ccc(-c2ccc(CN3C[C@@H]4CCC3Cc3ccccc3C4)cc2)cc1. The first-order chi connectivity index (χ1) is 13.3. The Morgan fingerprint density at radius 3 is 2.11 bits per heavy atom. The van der Waals surface area contributed by atoms with Crippen molar-refractivity contribution in [3.63, 3.8) is 0 Å². The summed E-state index contributed by atoms with van der Waals surface area (Å²) in [5.74, 6) is 0.811. The highest BCUT2D eigenvalue weighted by atomic mass is 15.2. The molecule has 6 rings (SSSR count). The van der Waals surface area contributed by atoms with E-state index in [1.165, 1.54) is 48.9 Å². The van der Waals surface area contributed by atoms with Gasteiger partial charge in [-0.15, -0.1) is 0 Å². The van der Waals surface area contributed by atoms with Gasteiger partial charge in [0.05, 0.1) is 0 Å². The standard InChI is InChI=1S/C26H27N/c1-2-6-22(7-3-1)23-13-10-20(11-14-23)18-27-19-21-12-15-26(27)17-25-9-5-4-8-24(25)16-21/h1-11,13-14,21,26H,12,15-19H2/t21-,26?/m1/s1. The highest BCUT2D eigenvalue weighted by Gasteiger charge is 2.31. The smallest absolute Gasteiger partial charge is 0.0236 e. The van der Waals surface area contributed by atoms with Crippen molar-refractivity contribution in [1.29, 1.82) is 0 Å². The lowest BCUT2D eigenvalue weighted by Crippen LogP contribution is -2.46. The molecular weight excluding hydrogens is 326 g/mol. The van der Waals surface area contributed by atoms with Crippen molar-refractivity contribution in [3.8, 4) is 11.1 Å². The van der Waals surface area contributed by atoms with Crippen LogP contribution < -0.4 is 0 Å². The number of fused-ring (bicyclic) bond motifs is 2. The van der Waals surface area contributed by atoms with Crippen molar-refractivity contribution < 1.29 is 0 Å². The Hall–Kier alpha value is -2.38. The van der Waals surface area contributed by atoms with Gasteiger partial charge in [0.15, 0.2) is 0 Å². The zero-order chi connectivity index (χ0) is 18.1. The molecule has 1 saturated heterocycles. The zero-order valence-corrected chi connectivity index (χ0v) is 15.9. The topological polar surface area (TPSA) is 3.24 Å². The Balaban J connectivity index is 1.34. The normalized spacial score (nSPS) is 22.1. The van der Waals surface area contributed by atoms with Gasteiger partial charge >= 0.3 is 0 Å². The maximum absolute atomic E-state index is 2.75. The zero-order valence-electron chi connectivity index (χ0n) is 15.9. The first-order valence-corrected chi connectivity index (χ1v) is 10.3. The lowest BCUT2D eigenvalue weighted by atomic mass is 9.80. The van der Waals surface area contributed by atoms with Crippen LogP contribution in [0.25, 0.3) is 11.1 Å². The Labute approximate surface area is 162 Å². The number of rotatable bonds is 3. The van der Waals surface area contributed by atoms with Crippen LogP contribution >= 0.6 is 0 Å². The van der Waals surface area contributed by atoms with E-state index < -0.39 is 0 Å². The van der Waals surface area contributed by atoms with Gasteiger partial charge in [-0.25, -0.2) is 0 Å². The van der Waals surface area contributed by atoms with Crippen LogP contribution in [0.4, 0.5) is 0 Å². The molecule has 1 unspecified atom stereocenters. The molecule has 0 saturated carbocycles. The predicted octanol–water partition coefficient (Wildman–Crippen LogP) is 5.73. The maximum Gasteiger partial charge on any atom is 0.0236 e. The van der Waals surface area contributed by atoms with E-state index in [1.807, 2.05) is 0 Å². The van der Waals surface area contributed by atoms with Crippen LogP contribution in [0.15, 0.2) is 78.9 Å². The molecule has 1 nitrogen and oxygen atoms in total. The molecule has 27 heavy (non-hydrogen) atoms. The summed E-state index contributed by atoms with van der Waals surface area (Å²) in [7, 11) is 0. The van der Waals surface area contributed by atoms with Crippen LogP contribution in [0.2, 0.25) is 0 Å². The van der Waals surface area contributed by atoms with Crippen molar-refractivity contribution in [2.45, 2.75) is 38.3 Å². The van der Waals surface area contributed by atoms with Gasteiger partial charge in [-0.1, -0.05) is 78.9 Å². The molecule has 3 aromatic rings. The monoisotopic (exact) mass is 353 g/mol. The van der Waals surface area contributed by atoms with Gasteiger partial charge in [-0.2, -0.15) is 0 Å². The first kappa shape index (κ1) is 16.8. The first-order valence-electron chi connectivity index (χ1n) is 10.3. The van der Waals surface area contributed by atoms with Gasteiger partial charge in [-0.05, 0) is 59.4 Å². The summed E-state index contributed by atoms with van der Waals surface area (Å²) >= 11 is 0. The van der Waals surface area contributed by atoms with Gasteiger partial charge in [0.25, 0.3) is 0 Å². The maximum atomic E-state index is 2.75. The summed E-state index contributed by atoms with van der Waals surface area (Å²) in [5, 5.41) is 0. The Kier molecular flexibility index (Phi) is 4.55. The van der Waals surface area contributed by atoms with Gasteiger partial charge in [0, 0.05) is 19.1 Å². The Morgan fingerprint density at radius 1 is 0.667 bits per heavy atom. The van der Waals surface area contributed by atoms with Crippen LogP contribution in [0.1, 0.15) is 29.5 Å². The molecule has 0 radical (unpaired) electrons. The predicted molar refractivity (Wildman–Crippen MR) is 113 cm³/mol. The molecular formula is C26H27N. The summed E-state index contributed by atoms with van der Waals surface area (Å²) in [6.45, 7) is 2.33. The molecule has 0 spiro atoms. The van der Waals surface area contributed by atoms with E-state index in [0.29, 0.717) is 6.04 Å². The number of hydrogen-bond acceptors (Lipinski definition) is 1. The molecule has 1 heteroatoms. The third-order valence-electron chi connectivity index (χ3n) is 6.45. The van der Waals surface area contributed by atoms with Gasteiger partial charge < -0.3 is 0 Å². The fourth-order valence-corrected chi connectivity index (χ4v) is 4.96. The minimum Gasteiger partial charge on any atom is -0.296 e. The van der Waals surface area contributed by atoms with Crippen molar-refractivity contribution in [2.75, 3.05) is 6.54 Å². The van der Waals surface area contributed by atoms with Gasteiger partial charge in [0.1, 0.15) is 0 Å². The molecule has 1 fully saturated rings. The van der Waals surface area contributed by atoms with Crippen LogP contribution in [0.3, 0.4) is 0 Å². The van der Waals surface area contributed by atoms with E-state index in [9.17, 15) is 0 Å². The van der Waals surface area contributed by atoms with E-state index in [2.05, 4.69) is 83.8 Å². The molecule has 2 bridgehead atoms. The molecule has 136 valence electrons. The third kappa shape index (κ3) is 3.57. The number of benzene rings is 3. The van der Waals surface area contributed by atoms with E-state index in [0.717, 1.165) is 12.5 Å². The highest BCUT2D eigenvalue weighted by molar-refractivity contribution is 5.63. The summed E-state index contributed by atoms with van der Waals surface area (Å²) in [5.41, 5.74) is 7.22. The van der Waals surface area contributed by atoms with E-state index >= 15 is 0 Å². The molecule has 0 amide bonds. The minimum atomic E-state index is 0.691. The average molecular weight is 354 g/mol. The molecule has 2 heterocycles. The molecule has 0 N–H and O–H groups in total. The molecule has 3 aliphatic rings. The van der Waals surface area contributed by atoms with Crippen LogP contribution in [0.5, 0.6) is 0 Å². The Morgan fingerprint density at radius 2 is 1.33 bits per heavy atom. The lowest BCUT2D eigenvalue weighted by molar-refractivity contribution is 0.0938. The summed E-state index contributed by atoms with van der Waals surface area (Å²) in [6.07, 6.45) is 5.21. The van der Waals surface area contributed by atoms with Gasteiger partial charge in [-0.3, -0.25) is 4.90 Å². The van der Waals surface area contributed by atoms with E-state index in [-0.39, 0.29) is 0 Å². The Bertz CT molecular complexity index is 897. The van der Waals surface area contributed by atoms with Gasteiger partial charge in [0.2, 0.25) is 0 Å². The quantitative estimate of drug-likeness (QED) is 0.581. The molecule has 1 aliphatic carbocycles. The lowest BCUT2D eigenvalue weighted by Gasteiger charge is -2.42. The summed E-state index contributed by atoms with van der Waals surface area (Å²) in [6, 6.07) is 29.7. The second kappa shape index (κ2) is 7.32. The number of nitrogens with zero attached hydrogens (tertiary/aromatic N) is 1. The largest absolute Gasteiger partial charge is 0.296 e. The average Bonchev–Trinajstić information content (AvgIpc) is 2.70. The van der Waals surface area contributed by atoms with Crippen molar-refractivity contribution >= 4 is 0 Å². The van der Waals surface area contributed by atoms with Crippen LogP contribution in [-0.2, 0) is 19.4 Å². The summed E-state index contributed by atoms with van der Waals surface area (Å²) in [4.78, 5) is 2.75. The fourth-order valence-electron chi connectivity index (χ4n) is 4.96.